The second kappa shape index (κ2) is 11.2. The van der Waals surface area contributed by atoms with E-state index >= 15 is 0 Å². The highest BCUT2D eigenvalue weighted by Crippen LogP contribution is 2.42. The number of aliphatic hydroxyl groups excluding tert-OH is 1. The van der Waals surface area contributed by atoms with Gasteiger partial charge in [0.15, 0.2) is 11.6 Å². The average Bonchev–Trinajstić information content (AvgIpc) is 3.54. The number of benzene rings is 1. The highest BCUT2D eigenvalue weighted by atomic mass is 19.1. The minimum atomic E-state index is -1.22. The average molecular weight is 563 g/mol. The third kappa shape index (κ3) is 5.37. The van der Waals surface area contributed by atoms with Crippen molar-refractivity contribution in [1.29, 1.82) is 0 Å². The van der Waals surface area contributed by atoms with E-state index in [2.05, 4.69) is 17.6 Å². The van der Waals surface area contributed by atoms with Crippen LogP contribution in [0.3, 0.4) is 0 Å². The Balaban J connectivity index is 1.28. The predicted molar refractivity (Wildman–Crippen MR) is 141 cm³/mol. The molecule has 2 saturated heterocycles. The molecule has 4 N–H and O–H groups in total. The number of carboxylic acids is 1. The number of nitrogens with one attached hydrogen (secondary N) is 2. The molecule has 0 radical (unpaired) electrons. The van der Waals surface area contributed by atoms with Gasteiger partial charge in [0.2, 0.25) is 5.91 Å². The molecule has 220 valence electrons. The monoisotopic (exact) mass is 562 g/mol. The van der Waals surface area contributed by atoms with E-state index in [4.69, 9.17) is 14.2 Å². The van der Waals surface area contributed by atoms with Crippen molar-refractivity contribution in [2.24, 2.45) is 16.7 Å². The summed E-state index contributed by atoms with van der Waals surface area (Å²) >= 11 is 0. The van der Waals surface area contributed by atoms with Crippen molar-refractivity contribution in [3.63, 3.8) is 0 Å². The first-order valence-electron chi connectivity index (χ1n) is 14.2. The van der Waals surface area contributed by atoms with Gasteiger partial charge in [-0.15, -0.1) is 0 Å². The van der Waals surface area contributed by atoms with Gasteiger partial charge in [-0.3, -0.25) is 14.4 Å². The smallest absolute Gasteiger partial charge is 0.311 e. The zero-order valence-corrected chi connectivity index (χ0v) is 23.0. The normalized spacial score (nSPS) is 32.1. The van der Waals surface area contributed by atoms with Crippen molar-refractivity contribution in [2.45, 2.75) is 89.1 Å². The van der Waals surface area contributed by atoms with Crippen LogP contribution in [-0.4, -0.2) is 72.6 Å². The summed E-state index contributed by atoms with van der Waals surface area (Å²) in [5, 5.41) is 25.1. The molecule has 10 nitrogen and oxygen atoms in total. The minimum Gasteiger partial charge on any atom is -0.496 e. The Bertz CT molecular complexity index is 1150. The predicted octanol–water partition coefficient (Wildman–Crippen LogP) is 2.80. The van der Waals surface area contributed by atoms with Crippen LogP contribution in [-0.2, 0) is 14.3 Å². The topological polar surface area (TPSA) is 143 Å². The molecule has 0 spiro atoms. The van der Waals surface area contributed by atoms with Crippen LogP contribution in [0.2, 0.25) is 0 Å². The minimum absolute atomic E-state index is 0.0270. The van der Waals surface area contributed by atoms with E-state index in [1.807, 2.05) is 0 Å². The van der Waals surface area contributed by atoms with Gasteiger partial charge >= 0.3 is 5.97 Å². The summed E-state index contributed by atoms with van der Waals surface area (Å²) in [5.74, 6) is -3.06. The second-order valence-corrected chi connectivity index (χ2v) is 12.2. The van der Waals surface area contributed by atoms with Gasteiger partial charge in [0, 0.05) is 12.6 Å². The first kappa shape index (κ1) is 28.6. The van der Waals surface area contributed by atoms with Crippen LogP contribution in [0.1, 0.15) is 75.1 Å². The molecule has 2 bridgehead atoms. The summed E-state index contributed by atoms with van der Waals surface area (Å²) in [7, 11) is 1.34. The van der Waals surface area contributed by atoms with E-state index in [9.17, 15) is 29.0 Å². The van der Waals surface area contributed by atoms with Crippen molar-refractivity contribution >= 4 is 17.8 Å². The zero-order valence-electron chi connectivity index (χ0n) is 23.0. The second-order valence-electron chi connectivity index (χ2n) is 12.2. The van der Waals surface area contributed by atoms with Crippen molar-refractivity contribution in [1.82, 2.24) is 10.6 Å². The van der Waals surface area contributed by atoms with Gasteiger partial charge in [-0.2, -0.15) is 0 Å². The lowest BCUT2D eigenvalue weighted by Gasteiger charge is -2.39. The van der Waals surface area contributed by atoms with Gasteiger partial charge in [-0.05, 0) is 62.8 Å². The quantitative estimate of drug-likeness (QED) is 0.341. The number of aliphatic carboxylic acids is 1. The number of carbonyl (C=O) groups is 3. The van der Waals surface area contributed by atoms with Gasteiger partial charge in [-0.1, -0.05) is 13.3 Å². The van der Waals surface area contributed by atoms with Gasteiger partial charge in [0.1, 0.15) is 5.75 Å². The Morgan fingerprint density at radius 1 is 1.07 bits per heavy atom. The molecule has 1 aromatic rings. The highest BCUT2D eigenvalue weighted by molar-refractivity contribution is 5.98. The largest absolute Gasteiger partial charge is 0.496 e. The Hall–Kier alpha value is -2.92. The summed E-state index contributed by atoms with van der Waals surface area (Å²) in [6.07, 6.45) is 4.83. The number of carbonyl (C=O) groups excluding carboxylic acids is 2. The van der Waals surface area contributed by atoms with E-state index in [0.29, 0.717) is 19.4 Å². The molecule has 0 aromatic heterocycles. The molecule has 4 fully saturated rings. The fourth-order valence-electron chi connectivity index (χ4n) is 6.65. The number of methoxy groups -OCH3 is 1. The van der Waals surface area contributed by atoms with E-state index in [-0.39, 0.29) is 53.4 Å². The van der Waals surface area contributed by atoms with Crippen molar-refractivity contribution in [2.75, 3.05) is 20.3 Å². The number of ether oxygens (including phenoxy) is 3. The number of fused-ring (bicyclic) bond motifs is 2. The van der Waals surface area contributed by atoms with Crippen LogP contribution in [0.5, 0.6) is 11.5 Å². The van der Waals surface area contributed by atoms with E-state index < -0.39 is 47.8 Å². The lowest BCUT2D eigenvalue weighted by atomic mass is 9.70. The van der Waals surface area contributed by atoms with E-state index in [1.54, 1.807) is 0 Å². The first-order chi connectivity index (χ1) is 19.1. The molecule has 40 heavy (non-hydrogen) atoms. The van der Waals surface area contributed by atoms with Crippen LogP contribution < -0.4 is 20.1 Å². The molecule has 2 heterocycles. The van der Waals surface area contributed by atoms with E-state index in [0.717, 1.165) is 31.7 Å². The molecule has 0 unspecified atom stereocenters. The SMILES string of the molecule is COc1cc(F)c(OC2CCC(CO)(C(=O)O)CC2)cc1C(=O)N[C@@H]1[C@H](C(=O)NCC2(C)CCC2)[C@@H]2CC[C@H]1O2. The molecule has 2 aliphatic heterocycles. The molecule has 4 aliphatic rings. The summed E-state index contributed by atoms with van der Waals surface area (Å²) < 4.78 is 32.1. The van der Waals surface area contributed by atoms with Crippen LogP contribution >= 0.6 is 0 Å². The Morgan fingerprint density at radius 3 is 2.38 bits per heavy atom. The van der Waals surface area contributed by atoms with E-state index in [1.165, 1.54) is 19.6 Å². The molecule has 4 atom stereocenters. The first-order valence-corrected chi connectivity index (χ1v) is 14.2. The van der Waals surface area contributed by atoms with Gasteiger partial charge in [-0.25, -0.2) is 4.39 Å². The summed E-state index contributed by atoms with van der Waals surface area (Å²) in [4.78, 5) is 38.3. The number of halogens is 1. The number of rotatable bonds is 10. The van der Waals surface area contributed by atoms with Crippen molar-refractivity contribution in [3.8, 4) is 11.5 Å². The third-order valence-corrected chi connectivity index (χ3v) is 9.56. The Labute approximate surface area is 232 Å². The lowest BCUT2D eigenvalue weighted by molar-refractivity contribution is -0.155. The summed E-state index contributed by atoms with van der Waals surface area (Å²) in [6, 6.07) is 1.85. The number of amides is 2. The maximum absolute atomic E-state index is 14.9. The molecule has 11 heteroatoms. The van der Waals surface area contributed by atoms with Gasteiger partial charge in [0.25, 0.3) is 5.91 Å². The van der Waals surface area contributed by atoms with Crippen LogP contribution in [0.15, 0.2) is 12.1 Å². The summed E-state index contributed by atoms with van der Waals surface area (Å²) in [5.41, 5.74) is -1.03. The highest BCUT2D eigenvalue weighted by Gasteiger charge is 2.53. The van der Waals surface area contributed by atoms with Crippen LogP contribution in [0, 0.1) is 22.6 Å². The fraction of sp³-hybridized carbons (Fsp3) is 0.690. The molecule has 2 saturated carbocycles. The number of hydrogen-bond acceptors (Lipinski definition) is 7. The molecule has 1 aromatic carbocycles. The Kier molecular flexibility index (Phi) is 7.98. The third-order valence-electron chi connectivity index (χ3n) is 9.56. The zero-order chi connectivity index (χ0) is 28.7. The number of aliphatic hydroxyl groups is 1. The molecular weight excluding hydrogens is 523 g/mol. The van der Waals surface area contributed by atoms with Crippen molar-refractivity contribution in [3.05, 3.63) is 23.5 Å². The van der Waals surface area contributed by atoms with Gasteiger partial charge in [0.05, 0.1) is 55.0 Å². The van der Waals surface area contributed by atoms with Crippen molar-refractivity contribution < 1.29 is 43.2 Å². The van der Waals surface area contributed by atoms with Crippen LogP contribution in [0.25, 0.3) is 0 Å². The fourth-order valence-corrected chi connectivity index (χ4v) is 6.65. The maximum Gasteiger partial charge on any atom is 0.311 e. The lowest BCUT2D eigenvalue weighted by Crippen LogP contribution is -2.53. The van der Waals surface area contributed by atoms with Gasteiger partial charge < -0.3 is 35.1 Å². The number of carboxylic acid groups (broad SMARTS) is 1. The maximum atomic E-state index is 14.9. The molecular formula is C29H39FN2O8. The Morgan fingerprint density at radius 2 is 1.77 bits per heavy atom. The summed E-state index contributed by atoms with van der Waals surface area (Å²) in [6.45, 7) is 2.29. The van der Waals surface area contributed by atoms with Crippen LogP contribution in [0.4, 0.5) is 4.39 Å². The molecule has 2 amide bonds. The standard InChI is InChI=1S/C29H39FN2O8/c1-28(8-3-9-28)14-31-26(35)23-19-4-5-20(40-19)24(23)32-25(34)17-12-22(18(30)13-21(17)38-2)39-16-6-10-29(15-33,11-7-16)27(36)37/h12-13,16,19-20,23-24,33H,3-11,14-15H2,1-2H3,(H,31,35)(H,32,34)(H,36,37)/t16?,19-,20+,23+,24-,29?/m0/s1. The molecule has 2 aliphatic carbocycles. The number of hydrogen-bond donors (Lipinski definition) is 4. The molecule has 5 rings (SSSR count).